The van der Waals surface area contributed by atoms with Gasteiger partial charge in [-0.2, -0.15) is 5.10 Å². The molecule has 2 aromatic rings. The molecule has 0 unspecified atom stereocenters. The van der Waals surface area contributed by atoms with E-state index in [1.165, 1.54) is 12.3 Å². The monoisotopic (exact) mass is 219 g/mol. The van der Waals surface area contributed by atoms with Crippen molar-refractivity contribution in [1.29, 1.82) is 0 Å². The van der Waals surface area contributed by atoms with Gasteiger partial charge in [-0.3, -0.25) is 9.89 Å². The molecule has 1 aromatic heterocycles. The van der Waals surface area contributed by atoms with Crippen LogP contribution in [0.4, 0.5) is 10.2 Å². The first-order valence-corrected chi connectivity index (χ1v) is 4.74. The lowest BCUT2D eigenvalue weighted by molar-refractivity contribution is 0.102. The van der Waals surface area contributed by atoms with Crippen molar-refractivity contribution in [3.8, 4) is 0 Å². The number of aryl methyl sites for hydroxylation is 1. The Bertz CT molecular complexity index is 508. The summed E-state index contributed by atoms with van der Waals surface area (Å²) < 4.78 is 13.6. The number of aromatic nitrogens is 2. The molecule has 4 nitrogen and oxygen atoms in total. The van der Waals surface area contributed by atoms with Gasteiger partial charge >= 0.3 is 0 Å². The molecule has 0 aliphatic rings. The SMILES string of the molecule is Cc1cccc(C(=O)Nc2ccn[nH]2)c1F. The number of aromatic amines is 1. The van der Waals surface area contributed by atoms with Gasteiger partial charge in [0.05, 0.1) is 11.8 Å². The molecule has 0 bridgehead atoms. The lowest BCUT2D eigenvalue weighted by Crippen LogP contribution is -2.14. The number of rotatable bonds is 2. The Labute approximate surface area is 91.5 Å². The van der Waals surface area contributed by atoms with Crippen molar-refractivity contribution >= 4 is 11.7 Å². The maximum atomic E-state index is 13.6. The summed E-state index contributed by atoms with van der Waals surface area (Å²) in [6, 6.07) is 6.28. The Kier molecular flexibility index (Phi) is 2.68. The Hall–Kier alpha value is -2.17. The standard InChI is InChI=1S/C11H10FN3O/c1-7-3-2-4-8(10(7)12)11(16)14-9-5-6-13-15-9/h2-6H,1H3,(H2,13,14,15,16). The van der Waals surface area contributed by atoms with Crippen molar-refractivity contribution in [2.24, 2.45) is 0 Å². The molecule has 0 saturated heterocycles. The summed E-state index contributed by atoms with van der Waals surface area (Å²) in [5.74, 6) is -0.559. The van der Waals surface area contributed by atoms with E-state index >= 15 is 0 Å². The summed E-state index contributed by atoms with van der Waals surface area (Å²) in [7, 11) is 0. The third kappa shape index (κ3) is 1.93. The zero-order valence-corrected chi connectivity index (χ0v) is 8.62. The molecule has 82 valence electrons. The Morgan fingerprint density at radius 1 is 1.44 bits per heavy atom. The first-order chi connectivity index (χ1) is 7.68. The molecule has 1 heterocycles. The second-order valence-corrected chi connectivity index (χ2v) is 3.36. The molecule has 0 aliphatic carbocycles. The predicted molar refractivity (Wildman–Crippen MR) is 57.7 cm³/mol. The van der Waals surface area contributed by atoms with Crippen LogP contribution in [-0.4, -0.2) is 16.1 Å². The van der Waals surface area contributed by atoms with E-state index in [0.717, 1.165) is 0 Å². The van der Waals surface area contributed by atoms with Gasteiger partial charge in [-0.15, -0.1) is 0 Å². The number of amides is 1. The Morgan fingerprint density at radius 3 is 2.94 bits per heavy atom. The van der Waals surface area contributed by atoms with Crippen LogP contribution in [0.25, 0.3) is 0 Å². The number of carbonyl (C=O) groups excluding carboxylic acids is 1. The van der Waals surface area contributed by atoms with E-state index in [9.17, 15) is 9.18 Å². The largest absolute Gasteiger partial charge is 0.307 e. The van der Waals surface area contributed by atoms with E-state index in [2.05, 4.69) is 15.5 Å². The van der Waals surface area contributed by atoms with Crippen LogP contribution in [0.3, 0.4) is 0 Å². The molecule has 0 fully saturated rings. The van der Waals surface area contributed by atoms with Gasteiger partial charge in [0.25, 0.3) is 5.91 Å². The summed E-state index contributed by atoms with van der Waals surface area (Å²) in [6.07, 6.45) is 1.50. The normalized spacial score (nSPS) is 10.1. The van der Waals surface area contributed by atoms with Gasteiger partial charge in [0.1, 0.15) is 11.6 Å². The number of H-pyrrole nitrogens is 1. The highest BCUT2D eigenvalue weighted by atomic mass is 19.1. The van der Waals surface area contributed by atoms with Crippen LogP contribution >= 0.6 is 0 Å². The molecule has 0 atom stereocenters. The molecule has 2 rings (SSSR count). The third-order valence-electron chi connectivity index (χ3n) is 2.19. The summed E-state index contributed by atoms with van der Waals surface area (Å²) in [5, 5.41) is 8.75. The molecular weight excluding hydrogens is 209 g/mol. The van der Waals surface area contributed by atoms with E-state index in [-0.39, 0.29) is 5.56 Å². The fourth-order valence-electron chi connectivity index (χ4n) is 1.34. The van der Waals surface area contributed by atoms with Crippen molar-refractivity contribution in [3.63, 3.8) is 0 Å². The van der Waals surface area contributed by atoms with Crippen LogP contribution in [0, 0.1) is 12.7 Å². The molecule has 16 heavy (non-hydrogen) atoms. The smallest absolute Gasteiger partial charge is 0.259 e. The van der Waals surface area contributed by atoms with Crippen molar-refractivity contribution in [3.05, 3.63) is 47.4 Å². The fourth-order valence-corrected chi connectivity index (χ4v) is 1.34. The summed E-state index contributed by atoms with van der Waals surface area (Å²) >= 11 is 0. The van der Waals surface area contributed by atoms with Crippen LogP contribution in [-0.2, 0) is 0 Å². The van der Waals surface area contributed by atoms with E-state index in [1.54, 1.807) is 25.1 Å². The minimum absolute atomic E-state index is 0.0228. The average molecular weight is 219 g/mol. The molecular formula is C11H10FN3O. The molecule has 0 aliphatic heterocycles. The number of nitrogens with one attached hydrogen (secondary N) is 2. The van der Waals surface area contributed by atoms with Crippen LogP contribution < -0.4 is 5.32 Å². The van der Waals surface area contributed by atoms with E-state index in [4.69, 9.17) is 0 Å². The highest BCUT2D eigenvalue weighted by molar-refractivity contribution is 6.04. The average Bonchev–Trinajstić information content (AvgIpc) is 2.74. The first kappa shape index (κ1) is 10.4. The van der Waals surface area contributed by atoms with E-state index in [1.807, 2.05) is 0 Å². The van der Waals surface area contributed by atoms with Gasteiger partial charge in [0.2, 0.25) is 0 Å². The summed E-state index contributed by atoms with van der Waals surface area (Å²) in [5.41, 5.74) is 0.465. The summed E-state index contributed by atoms with van der Waals surface area (Å²) in [6.45, 7) is 1.61. The van der Waals surface area contributed by atoms with Gasteiger partial charge in [0, 0.05) is 6.07 Å². The molecule has 0 radical (unpaired) electrons. The molecule has 0 spiro atoms. The maximum Gasteiger partial charge on any atom is 0.259 e. The van der Waals surface area contributed by atoms with E-state index < -0.39 is 11.7 Å². The zero-order valence-electron chi connectivity index (χ0n) is 8.62. The summed E-state index contributed by atoms with van der Waals surface area (Å²) in [4.78, 5) is 11.7. The quantitative estimate of drug-likeness (QED) is 0.812. The molecule has 5 heteroatoms. The first-order valence-electron chi connectivity index (χ1n) is 4.74. The molecule has 1 amide bonds. The molecule has 2 N–H and O–H groups in total. The van der Waals surface area contributed by atoms with Crippen molar-refractivity contribution in [2.75, 3.05) is 5.32 Å². The number of hydrogen-bond donors (Lipinski definition) is 2. The van der Waals surface area contributed by atoms with Crippen LogP contribution in [0.1, 0.15) is 15.9 Å². The van der Waals surface area contributed by atoms with Gasteiger partial charge in [-0.25, -0.2) is 4.39 Å². The predicted octanol–water partition coefficient (Wildman–Crippen LogP) is 2.11. The van der Waals surface area contributed by atoms with Crippen molar-refractivity contribution < 1.29 is 9.18 Å². The van der Waals surface area contributed by atoms with Crippen molar-refractivity contribution in [1.82, 2.24) is 10.2 Å². The van der Waals surface area contributed by atoms with Gasteiger partial charge in [0.15, 0.2) is 0 Å². The lowest BCUT2D eigenvalue weighted by Gasteiger charge is -2.05. The topological polar surface area (TPSA) is 57.8 Å². The minimum atomic E-state index is -0.500. The number of nitrogens with zero attached hydrogens (tertiary/aromatic N) is 1. The third-order valence-corrected chi connectivity index (χ3v) is 2.19. The van der Waals surface area contributed by atoms with Crippen LogP contribution in [0.15, 0.2) is 30.5 Å². The van der Waals surface area contributed by atoms with Crippen molar-refractivity contribution in [2.45, 2.75) is 6.92 Å². The Balaban J connectivity index is 2.24. The number of carbonyl (C=O) groups is 1. The number of hydrogen-bond acceptors (Lipinski definition) is 2. The zero-order chi connectivity index (χ0) is 11.5. The lowest BCUT2D eigenvalue weighted by atomic mass is 10.1. The molecule has 0 saturated carbocycles. The van der Waals surface area contributed by atoms with Gasteiger partial charge in [-0.1, -0.05) is 12.1 Å². The molecule has 1 aromatic carbocycles. The number of benzene rings is 1. The second kappa shape index (κ2) is 4.14. The van der Waals surface area contributed by atoms with Crippen LogP contribution in [0.2, 0.25) is 0 Å². The highest BCUT2D eigenvalue weighted by Gasteiger charge is 2.13. The highest BCUT2D eigenvalue weighted by Crippen LogP contribution is 2.13. The number of halogens is 1. The van der Waals surface area contributed by atoms with Gasteiger partial charge < -0.3 is 5.32 Å². The minimum Gasteiger partial charge on any atom is -0.307 e. The van der Waals surface area contributed by atoms with Crippen LogP contribution in [0.5, 0.6) is 0 Å². The second-order valence-electron chi connectivity index (χ2n) is 3.36. The maximum absolute atomic E-state index is 13.6. The van der Waals surface area contributed by atoms with Gasteiger partial charge in [-0.05, 0) is 18.6 Å². The fraction of sp³-hybridized carbons (Fsp3) is 0.0909. The van der Waals surface area contributed by atoms with E-state index in [0.29, 0.717) is 11.4 Å². The Morgan fingerprint density at radius 2 is 2.25 bits per heavy atom. The number of anilines is 1.